The summed E-state index contributed by atoms with van der Waals surface area (Å²) in [6, 6.07) is 11.4. The van der Waals surface area contributed by atoms with Gasteiger partial charge in [-0.1, -0.05) is 29.8 Å². The van der Waals surface area contributed by atoms with Crippen LogP contribution in [0.25, 0.3) is 0 Å². The van der Waals surface area contributed by atoms with Crippen molar-refractivity contribution >= 4 is 27.5 Å². The van der Waals surface area contributed by atoms with E-state index in [2.05, 4.69) is 4.72 Å². The SMILES string of the molecule is COc1ccccc1CN(CC1CCCO1)C(=O)c1cc(S(=O)(=O)NC(C)C)ccc1Cl. The average Bonchev–Trinajstić information content (AvgIpc) is 3.25. The molecule has 1 aliphatic rings. The van der Waals surface area contributed by atoms with Crippen molar-refractivity contribution in [2.24, 2.45) is 0 Å². The molecule has 1 atom stereocenters. The first-order valence-corrected chi connectivity index (χ1v) is 12.4. The van der Waals surface area contributed by atoms with Crippen LogP contribution in [0.5, 0.6) is 5.75 Å². The molecule has 1 heterocycles. The van der Waals surface area contributed by atoms with Gasteiger partial charge in [0.25, 0.3) is 5.91 Å². The van der Waals surface area contributed by atoms with Crippen molar-refractivity contribution in [2.75, 3.05) is 20.3 Å². The second kappa shape index (κ2) is 10.7. The summed E-state index contributed by atoms with van der Waals surface area (Å²) >= 11 is 6.35. The lowest BCUT2D eigenvalue weighted by molar-refractivity contribution is 0.0505. The lowest BCUT2D eigenvalue weighted by Crippen LogP contribution is -2.37. The molecule has 32 heavy (non-hydrogen) atoms. The van der Waals surface area contributed by atoms with Crippen LogP contribution in [0.4, 0.5) is 0 Å². The number of amides is 1. The maximum atomic E-state index is 13.6. The van der Waals surface area contributed by atoms with Gasteiger partial charge in [-0.25, -0.2) is 13.1 Å². The third kappa shape index (κ3) is 6.01. The van der Waals surface area contributed by atoms with Crippen LogP contribution in [-0.4, -0.2) is 51.6 Å². The first kappa shape index (κ1) is 24.5. The predicted molar refractivity (Wildman–Crippen MR) is 124 cm³/mol. The first-order chi connectivity index (χ1) is 15.2. The number of carbonyl (C=O) groups excluding carboxylic acids is 1. The van der Waals surface area contributed by atoms with E-state index in [1.54, 1.807) is 25.9 Å². The van der Waals surface area contributed by atoms with Crippen molar-refractivity contribution in [2.45, 2.75) is 50.3 Å². The lowest BCUT2D eigenvalue weighted by atomic mass is 10.1. The van der Waals surface area contributed by atoms with E-state index in [0.717, 1.165) is 18.4 Å². The van der Waals surface area contributed by atoms with Crippen LogP contribution < -0.4 is 9.46 Å². The summed E-state index contributed by atoms with van der Waals surface area (Å²) < 4.78 is 39.0. The Labute approximate surface area is 194 Å². The summed E-state index contributed by atoms with van der Waals surface area (Å²) in [5.74, 6) is 0.305. The molecule has 9 heteroatoms. The van der Waals surface area contributed by atoms with Crippen molar-refractivity contribution in [1.82, 2.24) is 9.62 Å². The van der Waals surface area contributed by atoms with Crippen molar-refractivity contribution in [3.05, 3.63) is 58.6 Å². The molecule has 1 amide bonds. The smallest absolute Gasteiger partial charge is 0.255 e. The number of hydrogen-bond donors (Lipinski definition) is 1. The van der Waals surface area contributed by atoms with E-state index in [0.29, 0.717) is 18.9 Å². The molecule has 0 saturated carbocycles. The van der Waals surface area contributed by atoms with Gasteiger partial charge in [0.05, 0.1) is 28.7 Å². The minimum Gasteiger partial charge on any atom is -0.496 e. The highest BCUT2D eigenvalue weighted by molar-refractivity contribution is 7.89. The number of ether oxygens (including phenoxy) is 2. The lowest BCUT2D eigenvalue weighted by Gasteiger charge is -2.27. The fourth-order valence-corrected chi connectivity index (χ4v) is 5.15. The van der Waals surface area contributed by atoms with Crippen LogP contribution in [0.2, 0.25) is 5.02 Å². The van der Waals surface area contributed by atoms with E-state index >= 15 is 0 Å². The molecular weight excluding hydrogens is 452 g/mol. The molecule has 174 valence electrons. The zero-order valence-electron chi connectivity index (χ0n) is 18.5. The molecular formula is C23H29ClN2O5S. The topological polar surface area (TPSA) is 84.9 Å². The van der Waals surface area contributed by atoms with Gasteiger partial charge >= 0.3 is 0 Å². The molecule has 0 aliphatic carbocycles. The maximum Gasteiger partial charge on any atom is 0.255 e. The van der Waals surface area contributed by atoms with E-state index in [-0.39, 0.29) is 40.1 Å². The zero-order valence-corrected chi connectivity index (χ0v) is 20.1. The van der Waals surface area contributed by atoms with E-state index in [1.165, 1.54) is 18.2 Å². The van der Waals surface area contributed by atoms with Crippen LogP contribution in [0, 0.1) is 0 Å². The second-order valence-electron chi connectivity index (χ2n) is 8.05. The molecule has 0 bridgehead atoms. The molecule has 2 aromatic carbocycles. The monoisotopic (exact) mass is 480 g/mol. The quantitative estimate of drug-likeness (QED) is 0.589. The Morgan fingerprint density at radius 2 is 2.03 bits per heavy atom. The Balaban J connectivity index is 1.95. The van der Waals surface area contributed by atoms with Gasteiger partial charge in [0.1, 0.15) is 5.75 Å². The highest BCUT2D eigenvalue weighted by atomic mass is 35.5. The maximum absolute atomic E-state index is 13.6. The summed E-state index contributed by atoms with van der Waals surface area (Å²) in [4.78, 5) is 15.2. The minimum atomic E-state index is -3.77. The molecule has 0 radical (unpaired) electrons. The van der Waals surface area contributed by atoms with E-state index in [1.807, 2.05) is 24.3 Å². The Bertz CT molecular complexity index is 1050. The number of methoxy groups -OCH3 is 1. The number of para-hydroxylation sites is 1. The molecule has 2 aromatic rings. The summed E-state index contributed by atoms with van der Waals surface area (Å²) in [6.45, 7) is 4.78. The van der Waals surface area contributed by atoms with Crippen molar-refractivity contribution < 1.29 is 22.7 Å². The third-order valence-corrected chi connectivity index (χ3v) is 7.14. The zero-order chi connectivity index (χ0) is 23.3. The highest BCUT2D eigenvalue weighted by Crippen LogP contribution is 2.26. The minimum absolute atomic E-state index is 0.00620. The first-order valence-electron chi connectivity index (χ1n) is 10.6. The molecule has 7 nitrogen and oxygen atoms in total. The van der Waals surface area contributed by atoms with E-state index in [4.69, 9.17) is 21.1 Å². The van der Waals surface area contributed by atoms with Gasteiger partial charge < -0.3 is 14.4 Å². The molecule has 1 unspecified atom stereocenters. The van der Waals surface area contributed by atoms with Gasteiger partial charge in [0.2, 0.25) is 10.0 Å². The van der Waals surface area contributed by atoms with Crippen molar-refractivity contribution in [3.8, 4) is 5.75 Å². The van der Waals surface area contributed by atoms with Crippen LogP contribution in [0.15, 0.2) is 47.4 Å². The summed E-state index contributed by atoms with van der Waals surface area (Å²) in [6.07, 6.45) is 1.72. The second-order valence-corrected chi connectivity index (χ2v) is 10.2. The predicted octanol–water partition coefficient (Wildman–Crippen LogP) is 3.86. The molecule has 3 rings (SSSR count). The number of benzene rings is 2. The van der Waals surface area contributed by atoms with E-state index in [9.17, 15) is 13.2 Å². The highest BCUT2D eigenvalue weighted by Gasteiger charge is 2.27. The van der Waals surface area contributed by atoms with Gasteiger partial charge in [-0.05, 0) is 51.0 Å². The number of hydrogen-bond acceptors (Lipinski definition) is 5. The van der Waals surface area contributed by atoms with Crippen molar-refractivity contribution in [1.29, 1.82) is 0 Å². The van der Waals surface area contributed by atoms with Gasteiger partial charge in [-0.2, -0.15) is 0 Å². The molecule has 0 aromatic heterocycles. The van der Waals surface area contributed by atoms with Gasteiger partial charge in [-0.15, -0.1) is 0 Å². The number of rotatable bonds is 9. The normalized spacial score (nSPS) is 16.3. The number of nitrogens with zero attached hydrogens (tertiary/aromatic N) is 1. The number of sulfonamides is 1. The van der Waals surface area contributed by atoms with Crippen LogP contribution in [0.1, 0.15) is 42.6 Å². The number of halogens is 1. The standard InChI is InChI=1S/C23H29ClN2O5S/c1-16(2)25-32(28,29)19-10-11-21(24)20(13-19)23(27)26(15-18-8-6-12-31-18)14-17-7-4-5-9-22(17)30-3/h4-5,7,9-11,13,16,18,25H,6,8,12,14-15H2,1-3H3. The molecule has 1 fully saturated rings. The average molecular weight is 481 g/mol. The largest absolute Gasteiger partial charge is 0.496 e. The Kier molecular flexibility index (Phi) is 8.16. The van der Waals surface area contributed by atoms with Gasteiger partial charge in [-0.3, -0.25) is 4.79 Å². The van der Waals surface area contributed by atoms with Crippen LogP contribution >= 0.6 is 11.6 Å². The molecule has 1 saturated heterocycles. The van der Waals surface area contributed by atoms with Crippen LogP contribution in [0.3, 0.4) is 0 Å². The Hall–Kier alpha value is -2.13. The van der Waals surface area contributed by atoms with Crippen LogP contribution in [-0.2, 0) is 21.3 Å². The summed E-state index contributed by atoms with van der Waals surface area (Å²) in [7, 11) is -2.19. The number of nitrogens with one attached hydrogen (secondary N) is 1. The third-order valence-electron chi connectivity index (χ3n) is 5.16. The Morgan fingerprint density at radius 3 is 2.69 bits per heavy atom. The number of carbonyl (C=O) groups is 1. The van der Waals surface area contributed by atoms with Crippen molar-refractivity contribution in [3.63, 3.8) is 0 Å². The molecule has 0 spiro atoms. The van der Waals surface area contributed by atoms with E-state index < -0.39 is 10.0 Å². The Morgan fingerprint density at radius 1 is 1.28 bits per heavy atom. The molecule has 1 aliphatic heterocycles. The fourth-order valence-electron chi connectivity index (χ4n) is 3.68. The molecule has 1 N–H and O–H groups in total. The summed E-state index contributed by atoms with van der Waals surface area (Å²) in [5.41, 5.74) is 0.967. The van der Waals surface area contributed by atoms with Gasteiger partial charge in [0.15, 0.2) is 0 Å². The summed E-state index contributed by atoms with van der Waals surface area (Å²) in [5, 5.41) is 0.191. The van der Waals surface area contributed by atoms with Gasteiger partial charge in [0, 0.05) is 31.3 Å². The fraction of sp³-hybridized carbons (Fsp3) is 0.435.